The molecular weight excluding hydrogens is 202 g/mol. The lowest BCUT2D eigenvalue weighted by Gasteiger charge is -2.09. The molecule has 3 heteroatoms. The van der Waals surface area contributed by atoms with E-state index in [0.29, 0.717) is 6.61 Å². The van der Waals surface area contributed by atoms with Crippen molar-refractivity contribution < 1.29 is 9.13 Å². The van der Waals surface area contributed by atoms with Gasteiger partial charge < -0.3 is 4.74 Å². The number of benzene rings is 2. The van der Waals surface area contributed by atoms with E-state index in [1.165, 1.54) is 12.1 Å². The highest BCUT2D eigenvalue weighted by Crippen LogP contribution is 2.10. The molecular formula is C13H12BFO. The number of hydrogen-bond donors (Lipinski definition) is 0. The molecule has 1 nitrogen and oxygen atoms in total. The molecule has 0 bridgehead atoms. The van der Waals surface area contributed by atoms with Crippen LogP contribution in [-0.2, 0) is 6.61 Å². The van der Waals surface area contributed by atoms with Crippen LogP contribution in [0.4, 0.5) is 4.39 Å². The van der Waals surface area contributed by atoms with E-state index >= 15 is 0 Å². The minimum atomic E-state index is -0.232. The summed E-state index contributed by atoms with van der Waals surface area (Å²) in [6.07, 6.45) is 0. The van der Waals surface area contributed by atoms with Crippen molar-refractivity contribution in [2.75, 3.05) is 0 Å². The van der Waals surface area contributed by atoms with Gasteiger partial charge in [0.2, 0.25) is 0 Å². The fourth-order valence-corrected chi connectivity index (χ4v) is 1.51. The van der Waals surface area contributed by atoms with Gasteiger partial charge >= 0.3 is 0 Å². The van der Waals surface area contributed by atoms with E-state index < -0.39 is 0 Å². The Morgan fingerprint density at radius 2 is 1.81 bits per heavy atom. The molecule has 0 atom stereocenters. The number of ether oxygens (including phenoxy) is 1. The minimum Gasteiger partial charge on any atom is -0.490 e. The van der Waals surface area contributed by atoms with Crippen LogP contribution in [0, 0.1) is 5.82 Å². The number of halogens is 1. The van der Waals surface area contributed by atoms with Crippen molar-refractivity contribution in [1.82, 2.24) is 0 Å². The minimum absolute atomic E-state index is 0.232. The monoisotopic (exact) mass is 214 g/mol. The van der Waals surface area contributed by atoms with Crippen molar-refractivity contribution in [2.45, 2.75) is 6.61 Å². The van der Waals surface area contributed by atoms with Crippen LogP contribution in [0.3, 0.4) is 0 Å². The smallest absolute Gasteiger partial charge is 0.144 e. The van der Waals surface area contributed by atoms with Gasteiger partial charge in [0.05, 0.1) is 0 Å². The Hall–Kier alpha value is -1.77. The van der Waals surface area contributed by atoms with Crippen LogP contribution in [0.15, 0.2) is 48.5 Å². The molecule has 0 N–H and O–H groups in total. The first-order valence-corrected chi connectivity index (χ1v) is 5.18. The summed E-state index contributed by atoms with van der Waals surface area (Å²) >= 11 is 0. The van der Waals surface area contributed by atoms with E-state index in [1.807, 2.05) is 38.2 Å². The SMILES string of the molecule is Bc1cc(F)ccc1OCc1ccccc1. The van der Waals surface area contributed by atoms with Gasteiger partial charge in [0.1, 0.15) is 26.0 Å². The molecule has 0 saturated heterocycles. The van der Waals surface area contributed by atoms with Gasteiger partial charge in [-0.05, 0) is 29.2 Å². The molecule has 0 fully saturated rings. The molecule has 2 rings (SSSR count). The van der Waals surface area contributed by atoms with Gasteiger partial charge in [0, 0.05) is 0 Å². The summed E-state index contributed by atoms with van der Waals surface area (Å²) in [5.41, 5.74) is 1.92. The van der Waals surface area contributed by atoms with Crippen molar-refractivity contribution in [3.63, 3.8) is 0 Å². The van der Waals surface area contributed by atoms with Gasteiger partial charge in [-0.3, -0.25) is 0 Å². The highest BCUT2D eigenvalue weighted by molar-refractivity contribution is 6.34. The average Bonchev–Trinajstić information content (AvgIpc) is 2.29. The Balaban J connectivity index is 2.05. The molecule has 0 saturated carbocycles. The fourth-order valence-electron chi connectivity index (χ4n) is 1.51. The summed E-state index contributed by atoms with van der Waals surface area (Å²) < 4.78 is 18.5. The normalized spacial score (nSPS) is 10.1. The first-order chi connectivity index (χ1) is 7.75. The Morgan fingerprint density at radius 3 is 2.50 bits per heavy atom. The summed E-state index contributed by atoms with van der Waals surface area (Å²) in [5.74, 6) is 0.495. The molecule has 0 unspecified atom stereocenters. The summed E-state index contributed by atoms with van der Waals surface area (Å²) in [6.45, 7) is 0.507. The number of hydrogen-bond acceptors (Lipinski definition) is 1. The zero-order valence-electron chi connectivity index (χ0n) is 9.11. The van der Waals surface area contributed by atoms with E-state index in [0.717, 1.165) is 16.8 Å². The zero-order valence-corrected chi connectivity index (χ0v) is 9.11. The summed E-state index contributed by atoms with van der Waals surface area (Å²) in [7, 11) is 1.84. The summed E-state index contributed by atoms with van der Waals surface area (Å²) in [6, 6.07) is 14.4. The molecule has 2 aromatic carbocycles. The lowest BCUT2D eigenvalue weighted by Crippen LogP contribution is -2.09. The molecule has 0 aromatic heterocycles. The van der Waals surface area contributed by atoms with Crippen LogP contribution in [0.5, 0.6) is 5.75 Å². The van der Waals surface area contributed by atoms with Crippen LogP contribution < -0.4 is 10.2 Å². The first-order valence-electron chi connectivity index (χ1n) is 5.18. The van der Waals surface area contributed by atoms with Crippen LogP contribution in [0.2, 0.25) is 0 Å². The molecule has 0 radical (unpaired) electrons. The Labute approximate surface area is 95.3 Å². The van der Waals surface area contributed by atoms with Crippen molar-refractivity contribution in [3.8, 4) is 5.75 Å². The van der Waals surface area contributed by atoms with E-state index in [4.69, 9.17) is 4.74 Å². The first kappa shape index (κ1) is 10.7. The van der Waals surface area contributed by atoms with E-state index in [1.54, 1.807) is 6.07 Å². The third kappa shape index (κ3) is 2.63. The van der Waals surface area contributed by atoms with Crippen LogP contribution in [-0.4, -0.2) is 7.85 Å². The molecule has 0 aliphatic heterocycles. The van der Waals surface area contributed by atoms with Crippen molar-refractivity contribution >= 4 is 13.3 Å². The third-order valence-electron chi connectivity index (χ3n) is 2.37. The maximum atomic E-state index is 12.9. The molecule has 0 aliphatic carbocycles. The standard InChI is InChI=1S/C13H12BFO/c14-12-8-11(15)6-7-13(12)16-9-10-4-2-1-3-5-10/h1-8H,9,14H2. The summed E-state index contributed by atoms with van der Waals surface area (Å²) in [5, 5.41) is 0. The van der Waals surface area contributed by atoms with Crippen molar-refractivity contribution in [3.05, 3.63) is 59.9 Å². The average molecular weight is 214 g/mol. The van der Waals surface area contributed by atoms with Crippen LogP contribution >= 0.6 is 0 Å². The Bertz CT molecular complexity index is 471. The van der Waals surface area contributed by atoms with Gasteiger partial charge in [0.25, 0.3) is 0 Å². The van der Waals surface area contributed by atoms with Crippen LogP contribution in [0.25, 0.3) is 0 Å². The van der Waals surface area contributed by atoms with Gasteiger partial charge in [0.15, 0.2) is 0 Å². The van der Waals surface area contributed by atoms with Crippen molar-refractivity contribution in [1.29, 1.82) is 0 Å². The van der Waals surface area contributed by atoms with Gasteiger partial charge in [-0.25, -0.2) is 4.39 Å². The maximum absolute atomic E-state index is 12.9. The third-order valence-corrected chi connectivity index (χ3v) is 2.37. The lowest BCUT2D eigenvalue weighted by molar-refractivity contribution is 0.308. The predicted molar refractivity (Wildman–Crippen MR) is 65.4 cm³/mol. The Kier molecular flexibility index (Phi) is 3.25. The largest absolute Gasteiger partial charge is 0.490 e. The molecule has 16 heavy (non-hydrogen) atoms. The quantitative estimate of drug-likeness (QED) is 0.706. The van der Waals surface area contributed by atoms with Crippen LogP contribution in [0.1, 0.15) is 5.56 Å². The number of rotatable bonds is 3. The zero-order chi connectivity index (χ0) is 11.4. The topological polar surface area (TPSA) is 9.23 Å². The lowest BCUT2D eigenvalue weighted by atomic mass is 9.95. The van der Waals surface area contributed by atoms with E-state index in [-0.39, 0.29) is 5.82 Å². The second-order valence-electron chi connectivity index (χ2n) is 3.68. The second-order valence-corrected chi connectivity index (χ2v) is 3.68. The molecule has 0 heterocycles. The fraction of sp³-hybridized carbons (Fsp3) is 0.0769. The summed E-state index contributed by atoms with van der Waals surface area (Å²) in [4.78, 5) is 0. The highest BCUT2D eigenvalue weighted by Gasteiger charge is 2.01. The van der Waals surface area contributed by atoms with Gasteiger partial charge in [-0.1, -0.05) is 30.3 Å². The highest BCUT2D eigenvalue weighted by atomic mass is 19.1. The van der Waals surface area contributed by atoms with Gasteiger partial charge in [-0.15, -0.1) is 0 Å². The van der Waals surface area contributed by atoms with Crippen molar-refractivity contribution in [2.24, 2.45) is 0 Å². The molecule has 0 aliphatic rings. The molecule has 0 amide bonds. The second kappa shape index (κ2) is 4.84. The Morgan fingerprint density at radius 1 is 1.06 bits per heavy atom. The van der Waals surface area contributed by atoms with E-state index in [2.05, 4.69) is 0 Å². The predicted octanol–water partition coefficient (Wildman–Crippen LogP) is 1.66. The molecule has 2 aromatic rings. The van der Waals surface area contributed by atoms with Gasteiger partial charge in [-0.2, -0.15) is 0 Å². The molecule has 0 spiro atoms. The molecule has 80 valence electrons. The maximum Gasteiger partial charge on any atom is 0.144 e. The van der Waals surface area contributed by atoms with E-state index in [9.17, 15) is 4.39 Å².